The average Bonchev–Trinajstić information content (AvgIpc) is 2.23. The van der Waals surface area contributed by atoms with Crippen LogP contribution in [0.25, 0.3) is 0 Å². The lowest BCUT2D eigenvalue weighted by molar-refractivity contribution is -0.147. The third-order valence-electron chi connectivity index (χ3n) is 3.53. The van der Waals surface area contributed by atoms with Gasteiger partial charge in [0.05, 0.1) is 17.0 Å². The quantitative estimate of drug-likeness (QED) is 0.916. The molecule has 98 valence electrons. The molecule has 0 aromatic heterocycles. The van der Waals surface area contributed by atoms with Gasteiger partial charge in [-0.15, -0.1) is 0 Å². The molecule has 0 radical (unpaired) electrons. The van der Waals surface area contributed by atoms with E-state index >= 15 is 0 Å². The molecule has 0 atom stereocenters. The molecule has 1 N–H and O–H groups in total. The van der Waals surface area contributed by atoms with E-state index in [0.717, 1.165) is 6.42 Å². The topological polar surface area (TPSA) is 46.5 Å². The van der Waals surface area contributed by atoms with Crippen LogP contribution >= 0.6 is 11.6 Å². The number of hydrogen-bond donors (Lipinski definition) is 1. The van der Waals surface area contributed by atoms with Crippen LogP contribution in [0.1, 0.15) is 30.4 Å². The maximum Gasteiger partial charge on any atom is 0.314 e. The Morgan fingerprint density at radius 2 is 2.22 bits per heavy atom. The van der Waals surface area contributed by atoms with Gasteiger partial charge in [0.1, 0.15) is 5.82 Å². The smallest absolute Gasteiger partial charge is 0.314 e. The minimum Gasteiger partial charge on any atom is -0.481 e. The van der Waals surface area contributed by atoms with Crippen molar-refractivity contribution in [3.8, 4) is 0 Å². The summed E-state index contributed by atoms with van der Waals surface area (Å²) in [6.45, 7) is 0.280. The maximum atomic E-state index is 14.1. The van der Waals surface area contributed by atoms with Crippen molar-refractivity contribution >= 4 is 17.6 Å². The monoisotopic (exact) mass is 272 g/mol. The normalized spacial score (nSPS) is 17.3. The second-order valence-corrected chi connectivity index (χ2v) is 5.02. The van der Waals surface area contributed by atoms with Crippen LogP contribution < -0.4 is 0 Å². The summed E-state index contributed by atoms with van der Waals surface area (Å²) >= 11 is 5.82. The Kier molecular flexibility index (Phi) is 3.59. The molecular formula is C13H14ClFO3. The van der Waals surface area contributed by atoms with E-state index in [0.29, 0.717) is 18.4 Å². The number of rotatable bonds is 4. The van der Waals surface area contributed by atoms with E-state index < -0.39 is 17.2 Å². The molecule has 1 saturated carbocycles. The fraction of sp³-hybridized carbons (Fsp3) is 0.462. The highest BCUT2D eigenvalue weighted by Crippen LogP contribution is 2.46. The summed E-state index contributed by atoms with van der Waals surface area (Å²) < 4.78 is 19.0. The first kappa shape index (κ1) is 13.3. The van der Waals surface area contributed by atoms with E-state index in [2.05, 4.69) is 0 Å². The van der Waals surface area contributed by atoms with Gasteiger partial charge in [-0.25, -0.2) is 4.39 Å². The molecule has 5 heteroatoms. The molecular weight excluding hydrogens is 259 g/mol. The van der Waals surface area contributed by atoms with Crippen molar-refractivity contribution in [1.82, 2.24) is 0 Å². The molecule has 0 unspecified atom stereocenters. The number of benzene rings is 1. The highest BCUT2D eigenvalue weighted by Gasteiger charge is 2.48. The van der Waals surface area contributed by atoms with Crippen molar-refractivity contribution in [2.24, 2.45) is 0 Å². The van der Waals surface area contributed by atoms with Crippen LogP contribution in [-0.2, 0) is 21.6 Å². The minimum atomic E-state index is -1.11. The van der Waals surface area contributed by atoms with Crippen LogP contribution in [0.2, 0.25) is 5.02 Å². The Balaban J connectivity index is 2.52. The van der Waals surface area contributed by atoms with Gasteiger partial charge < -0.3 is 9.84 Å². The second kappa shape index (κ2) is 4.86. The van der Waals surface area contributed by atoms with Crippen molar-refractivity contribution in [2.75, 3.05) is 7.11 Å². The summed E-state index contributed by atoms with van der Waals surface area (Å²) in [5, 5.41) is 9.28. The number of methoxy groups -OCH3 is 1. The zero-order valence-electron chi connectivity index (χ0n) is 10.0. The van der Waals surface area contributed by atoms with Crippen LogP contribution in [0.15, 0.2) is 12.1 Å². The second-order valence-electron chi connectivity index (χ2n) is 4.61. The van der Waals surface area contributed by atoms with Gasteiger partial charge in [-0.3, -0.25) is 4.79 Å². The van der Waals surface area contributed by atoms with Crippen molar-refractivity contribution in [2.45, 2.75) is 31.3 Å². The predicted octanol–water partition coefficient (Wildman–Crippen LogP) is 3.13. The van der Waals surface area contributed by atoms with Gasteiger partial charge in [0.2, 0.25) is 0 Å². The highest BCUT2D eigenvalue weighted by atomic mass is 35.5. The Morgan fingerprint density at radius 3 is 2.67 bits per heavy atom. The van der Waals surface area contributed by atoms with Gasteiger partial charge in [-0.05, 0) is 30.5 Å². The van der Waals surface area contributed by atoms with Gasteiger partial charge in [0.25, 0.3) is 0 Å². The number of aliphatic carboxylic acids is 1. The largest absolute Gasteiger partial charge is 0.481 e. The fourth-order valence-corrected chi connectivity index (χ4v) is 2.61. The van der Waals surface area contributed by atoms with Crippen LogP contribution in [0.4, 0.5) is 4.39 Å². The molecule has 1 aliphatic carbocycles. The van der Waals surface area contributed by atoms with Crippen LogP contribution in [0.3, 0.4) is 0 Å². The lowest BCUT2D eigenvalue weighted by atomic mass is 9.64. The van der Waals surface area contributed by atoms with E-state index in [1.54, 1.807) is 6.07 Å². The fourth-order valence-electron chi connectivity index (χ4n) is 2.37. The Labute approximate surface area is 110 Å². The number of carbonyl (C=O) groups is 1. The SMILES string of the molecule is COCc1cc(Cl)c(F)c(C2(C(=O)O)CCC2)c1. The molecule has 1 aromatic rings. The Hall–Kier alpha value is -1.13. The summed E-state index contributed by atoms with van der Waals surface area (Å²) in [5.74, 6) is -1.61. The van der Waals surface area contributed by atoms with Gasteiger partial charge in [0.15, 0.2) is 0 Å². The molecule has 1 aliphatic rings. The molecule has 0 spiro atoms. The minimum absolute atomic E-state index is 0.0490. The highest BCUT2D eigenvalue weighted by molar-refractivity contribution is 6.30. The van der Waals surface area contributed by atoms with Crippen LogP contribution in [0.5, 0.6) is 0 Å². The molecule has 0 aliphatic heterocycles. The molecule has 3 nitrogen and oxygen atoms in total. The zero-order valence-corrected chi connectivity index (χ0v) is 10.8. The lowest BCUT2D eigenvalue weighted by Crippen LogP contribution is -2.43. The molecule has 18 heavy (non-hydrogen) atoms. The molecule has 2 rings (SSSR count). The third kappa shape index (κ3) is 1.99. The molecule has 0 saturated heterocycles. The number of hydrogen-bond acceptors (Lipinski definition) is 2. The van der Waals surface area contributed by atoms with E-state index in [1.165, 1.54) is 13.2 Å². The van der Waals surface area contributed by atoms with E-state index in [4.69, 9.17) is 16.3 Å². The maximum absolute atomic E-state index is 14.1. The number of ether oxygens (including phenoxy) is 1. The van der Waals surface area contributed by atoms with Gasteiger partial charge in [-0.2, -0.15) is 0 Å². The Bertz CT molecular complexity index is 483. The van der Waals surface area contributed by atoms with Crippen molar-refractivity contribution in [1.29, 1.82) is 0 Å². The standard InChI is InChI=1S/C13H14ClFO3/c1-18-7-8-5-9(11(15)10(14)6-8)13(12(16)17)3-2-4-13/h5-6H,2-4,7H2,1H3,(H,16,17). The third-order valence-corrected chi connectivity index (χ3v) is 3.81. The molecule has 1 aromatic carbocycles. The molecule has 1 fully saturated rings. The summed E-state index contributed by atoms with van der Waals surface area (Å²) in [5.41, 5.74) is -0.246. The number of carboxylic acid groups (broad SMARTS) is 1. The van der Waals surface area contributed by atoms with E-state index in [9.17, 15) is 14.3 Å². The van der Waals surface area contributed by atoms with Gasteiger partial charge >= 0.3 is 5.97 Å². The van der Waals surface area contributed by atoms with Gasteiger partial charge in [0, 0.05) is 12.7 Å². The first-order valence-corrected chi connectivity index (χ1v) is 6.10. The van der Waals surface area contributed by atoms with E-state index in [-0.39, 0.29) is 17.2 Å². The first-order chi connectivity index (χ1) is 8.51. The predicted molar refractivity (Wildman–Crippen MR) is 65.3 cm³/mol. The molecule has 0 amide bonds. The lowest BCUT2D eigenvalue weighted by Gasteiger charge is -2.38. The number of halogens is 2. The zero-order chi connectivity index (χ0) is 13.3. The van der Waals surface area contributed by atoms with Crippen molar-refractivity contribution in [3.63, 3.8) is 0 Å². The van der Waals surface area contributed by atoms with Crippen LogP contribution in [-0.4, -0.2) is 18.2 Å². The average molecular weight is 273 g/mol. The number of carboxylic acids is 1. The summed E-state index contributed by atoms with van der Waals surface area (Å²) in [6.07, 6.45) is 1.69. The first-order valence-electron chi connectivity index (χ1n) is 5.72. The summed E-state index contributed by atoms with van der Waals surface area (Å²) in [4.78, 5) is 11.4. The van der Waals surface area contributed by atoms with Crippen LogP contribution in [0, 0.1) is 5.82 Å². The molecule has 0 bridgehead atoms. The van der Waals surface area contributed by atoms with Gasteiger partial charge in [-0.1, -0.05) is 18.0 Å². The molecule has 0 heterocycles. The van der Waals surface area contributed by atoms with Crippen molar-refractivity contribution in [3.05, 3.63) is 34.1 Å². The summed E-state index contributed by atoms with van der Waals surface area (Å²) in [7, 11) is 1.52. The summed E-state index contributed by atoms with van der Waals surface area (Å²) in [6, 6.07) is 3.02. The van der Waals surface area contributed by atoms with Crippen molar-refractivity contribution < 1.29 is 19.0 Å². The van der Waals surface area contributed by atoms with E-state index in [1.807, 2.05) is 0 Å². The Morgan fingerprint density at radius 1 is 1.56 bits per heavy atom.